The highest BCUT2D eigenvalue weighted by Crippen LogP contribution is 2.38. The molecular weight excluding hydrogens is 224 g/mol. The summed E-state index contributed by atoms with van der Waals surface area (Å²) in [6.45, 7) is 5.12. The van der Waals surface area contributed by atoms with E-state index in [1.165, 1.54) is 25.7 Å². The monoisotopic (exact) mass is 250 g/mol. The second-order valence-corrected chi connectivity index (χ2v) is 6.14. The van der Waals surface area contributed by atoms with E-state index in [4.69, 9.17) is 10.2 Å². The standard InChI is InChI=1S/C15H26N2O/c1-13-5-7-15(11-16,8-6-13)12-17(2)10-14-4-3-9-18-14/h3-4,9,13H,5-8,10-12,16H2,1-2H3. The van der Waals surface area contributed by atoms with Crippen LogP contribution < -0.4 is 5.73 Å². The van der Waals surface area contributed by atoms with Gasteiger partial charge in [-0.2, -0.15) is 0 Å². The van der Waals surface area contributed by atoms with E-state index in [0.29, 0.717) is 5.41 Å². The van der Waals surface area contributed by atoms with Crippen molar-refractivity contribution < 1.29 is 4.42 Å². The lowest BCUT2D eigenvalue weighted by Crippen LogP contribution is -2.43. The van der Waals surface area contributed by atoms with Crippen LogP contribution in [0.3, 0.4) is 0 Å². The van der Waals surface area contributed by atoms with E-state index in [1.54, 1.807) is 6.26 Å². The fourth-order valence-electron chi connectivity index (χ4n) is 3.10. The van der Waals surface area contributed by atoms with Crippen LogP contribution in [0.15, 0.2) is 22.8 Å². The summed E-state index contributed by atoms with van der Waals surface area (Å²) in [7, 11) is 2.16. The Labute approximate surface area is 110 Å². The summed E-state index contributed by atoms with van der Waals surface area (Å²) in [5, 5.41) is 0. The number of rotatable bonds is 5. The zero-order chi connectivity index (χ0) is 13.0. The Balaban J connectivity index is 1.89. The molecule has 1 aliphatic rings. The van der Waals surface area contributed by atoms with Gasteiger partial charge in [0.2, 0.25) is 0 Å². The molecule has 0 aliphatic heterocycles. The smallest absolute Gasteiger partial charge is 0.117 e. The largest absolute Gasteiger partial charge is 0.468 e. The molecule has 1 aromatic heterocycles. The summed E-state index contributed by atoms with van der Waals surface area (Å²) in [5.41, 5.74) is 6.38. The number of furan rings is 1. The zero-order valence-corrected chi connectivity index (χ0v) is 11.7. The first-order valence-electron chi connectivity index (χ1n) is 7.04. The molecule has 0 atom stereocenters. The van der Waals surface area contributed by atoms with Gasteiger partial charge in [0.05, 0.1) is 12.8 Å². The number of nitrogens with two attached hydrogens (primary N) is 1. The third kappa shape index (κ3) is 3.36. The van der Waals surface area contributed by atoms with Crippen molar-refractivity contribution in [2.45, 2.75) is 39.2 Å². The SMILES string of the molecule is CC1CCC(CN)(CN(C)Cc2ccco2)CC1. The molecule has 0 bridgehead atoms. The first-order chi connectivity index (χ1) is 8.63. The van der Waals surface area contributed by atoms with Gasteiger partial charge in [0, 0.05) is 6.54 Å². The van der Waals surface area contributed by atoms with Crippen molar-refractivity contribution in [3.63, 3.8) is 0 Å². The first-order valence-corrected chi connectivity index (χ1v) is 7.04. The van der Waals surface area contributed by atoms with E-state index >= 15 is 0 Å². The molecule has 1 aliphatic carbocycles. The highest BCUT2D eigenvalue weighted by atomic mass is 16.3. The van der Waals surface area contributed by atoms with Crippen molar-refractivity contribution in [2.24, 2.45) is 17.1 Å². The Morgan fingerprint density at radius 2 is 2.17 bits per heavy atom. The maximum absolute atomic E-state index is 6.06. The van der Waals surface area contributed by atoms with Gasteiger partial charge in [-0.3, -0.25) is 4.90 Å². The number of hydrogen-bond donors (Lipinski definition) is 1. The van der Waals surface area contributed by atoms with Crippen molar-refractivity contribution in [2.75, 3.05) is 20.1 Å². The number of hydrogen-bond acceptors (Lipinski definition) is 3. The van der Waals surface area contributed by atoms with Gasteiger partial charge in [0.1, 0.15) is 5.76 Å². The van der Waals surface area contributed by atoms with Crippen LogP contribution in [0.4, 0.5) is 0 Å². The van der Waals surface area contributed by atoms with Crippen molar-refractivity contribution in [3.05, 3.63) is 24.2 Å². The molecular formula is C15H26N2O. The summed E-state index contributed by atoms with van der Waals surface area (Å²) in [6, 6.07) is 3.98. The highest BCUT2D eigenvalue weighted by molar-refractivity contribution is 4.98. The molecule has 0 unspecified atom stereocenters. The van der Waals surface area contributed by atoms with Crippen LogP contribution >= 0.6 is 0 Å². The van der Waals surface area contributed by atoms with Crippen molar-refractivity contribution in [1.29, 1.82) is 0 Å². The van der Waals surface area contributed by atoms with Crippen LogP contribution in [0.1, 0.15) is 38.4 Å². The van der Waals surface area contributed by atoms with E-state index in [-0.39, 0.29) is 0 Å². The van der Waals surface area contributed by atoms with Crippen LogP contribution in [-0.4, -0.2) is 25.0 Å². The zero-order valence-electron chi connectivity index (χ0n) is 11.7. The lowest BCUT2D eigenvalue weighted by Gasteiger charge is -2.41. The molecule has 2 rings (SSSR count). The Morgan fingerprint density at radius 3 is 2.72 bits per heavy atom. The molecule has 1 saturated carbocycles. The molecule has 1 aromatic rings. The van der Waals surface area contributed by atoms with Gasteiger partial charge in [0.15, 0.2) is 0 Å². The molecule has 1 heterocycles. The lowest BCUT2D eigenvalue weighted by molar-refractivity contribution is 0.102. The van der Waals surface area contributed by atoms with Gasteiger partial charge in [0.25, 0.3) is 0 Å². The maximum Gasteiger partial charge on any atom is 0.117 e. The second-order valence-electron chi connectivity index (χ2n) is 6.14. The van der Waals surface area contributed by atoms with E-state index in [1.807, 2.05) is 12.1 Å². The second kappa shape index (κ2) is 5.89. The predicted molar refractivity (Wildman–Crippen MR) is 74.2 cm³/mol. The van der Waals surface area contributed by atoms with Crippen LogP contribution in [0.5, 0.6) is 0 Å². The van der Waals surface area contributed by atoms with Crippen LogP contribution in [0.2, 0.25) is 0 Å². The average Bonchev–Trinajstić information content (AvgIpc) is 2.85. The topological polar surface area (TPSA) is 42.4 Å². The molecule has 0 amide bonds. The summed E-state index contributed by atoms with van der Waals surface area (Å²) in [6.07, 6.45) is 6.93. The fourth-order valence-corrected chi connectivity index (χ4v) is 3.10. The van der Waals surface area contributed by atoms with Crippen molar-refractivity contribution in [1.82, 2.24) is 4.90 Å². The molecule has 2 N–H and O–H groups in total. The maximum atomic E-state index is 6.06. The van der Waals surface area contributed by atoms with Gasteiger partial charge in [-0.15, -0.1) is 0 Å². The van der Waals surface area contributed by atoms with E-state index in [0.717, 1.165) is 31.3 Å². The predicted octanol–water partition coefficient (Wildman–Crippen LogP) is 2.87. The molecule has 0 saturated heterocycles. The minimum absolute atomic E-state index is 0.327. The van der Waals surface area contributed by atoms with Gasteiger partial charge in [-0.25, -0.2) is 0 Å². The van der Waals surface area contributed by atoms with Gasteiger partial charge < -0.3 is 10.2 Å². The number of nitrogens with zero attached hydrogens (tertiary/aromatic N) is 1. The highest BCUT2D eigenvalue weighted by Gasteiger charge is 2.33. The summed E-state index contributed by atoms with van der Waals surface area (Å²) in [5.74, 6) is 1.91. The van der Waals surface area contributed by atoms with Crippen molar-refractivity contribution in [3.8, 4) is 0 Å². The van der Waals surface area contributed by atoms with Gasteiger partial charge >= 0.3 is 0 Å². The Hall–Kier alpha value is -0.800. The molecule has 3 heteroatoms. The third-order valence-corrected chi connectivity index (χ3v) is 4.38. The average molecular weight is 250 g/mol. The molecule has 18 heavy (non-hydrogen) atoms. The fraction of sp³-hybridized carbons (Fsp3) is 0.733. The summed E-state index contributed by atoms with van der Waals surface area (Å²) >= 11 is 0. The molecule has 102 valence electrons. The van der Waals surface area contributed by atoms with Crippen LogP contribution in [0, 0.1) is 11.3 Å². The van der Waals surface area contributed by atoms with Gasteiger partial charge in [-0.1, -0.05) is 19.8 Å². The Morgan fingerprint density at radius 1 is 1.44 bits per heavy atom. The van der Waals surface area contributed by atoms with Crippen LogP contribution in [-0.2, 0) is 6.54 Å². The summed E-state index contributed by atoms with van der Waals surface area (Å²) in [4.78, 5) is 2.35. The Kier molecular flexibility index (Phi) is 4.46. The molecule has 0 spiro atoms. The van der Waals surface area contributed by atoms with E-state index < -0.39 is 0 Å². The van der Waals surface area contributed by atoms with Crippen LogP contribution in [0.25, 0.3) is 0 Å². The minimum Gasteiger partial charge on any atom is -0.468 e. The van der Waals surface area contributed by atoms with E-state index in [2.05, 4.69) is 18.9 Å². The quantitative estimate of drug-likeness (QED) is 0.873. The molecule has 1 fully saturated rings. The van der Waals surface area contributed by atoms with E-state index in [9.17, 15) is 0 Å². The third-order valence-electron chi connectivity index (χ3n) is 4.38. The molecule has 0 aromatic carbocycles. The summed E-state index contributed by atoms with van der Waals surface area (Å²) < 4.78 is 5.40. The lowest BCUT2D eigenvalue weighted by atomic mass is 9.70. The molecule has 3 nitrogen and oxygen atoms in total. The Bertz CT molecular complexity index is 339. The minimum atomic E-state index is 0.327. The first kappa shape index (κ1) is 13.6. The normalized spacial score (nSPS) is 28.8. The van der Waals surface area contributed by atoms with Gasteiger partial charge in [-0.05, 0) is 49.9 Å². The van der Waals surface area contributed by atoms with Crippen molar-refractivity contribution >= 4 is 0 Å². The molecule has 0 radical (unpaired) electrons.